The van der Waals surface area contributed by atoms with E-state index >= 15 is 0 Å². The summed E-state index contributed by atoms with van der Waals surface area (Å²) in [7, 11) is 0. The summed E-state index contributed by atoms with van der Waals surface area (Å²) in [5.41, 5.74) is 6.43. The second-order valence-corrected chi connectivity index (χ2v) is 6.23. The molecular weight excluding hydrogens is 320 g/mol. The summed E-state index contributed by atoms with van der Waals surface area (Å²) in [5.74, 6) is -1.74. The topological polar surface area (TPSA) is 82.9 Å². The Balaban J connectivity index is 1.81. The van der Waals surface area contributed by atoms with Crippen LogP contribution in [0.15, 0.2) is 33.1 Å². The first-order chi connectivity index (χ1) is 10.6. The molecule has 2 aromatic heterocycles. The number of thiophene rings is 2. The molecule has 0 bridgehead atoms. The van der Waals surface area contributed by atoms with Crippen molar-refractivity contribution in [3.05, 3.63) is 43.8 Å². The van der Waals surface area contributed by atoms with Gasteiger partial charge in [-0.2, -0.15) is 10.2 Å². The first-order valence-corrected chi connectivity index (χ1v) is 8.08. The summed E-state index contributed by atoms with van der Waals surface area (Å²) < 4.78 is 0. The molecule has 2 heterocycles. The number of aryl methyl sites for hydroxylation is 2. The van der Waals surface area contributed by atoms with Crippen LogP contribution in [0, 0.1) is 13.8 Å². The van der Waals surface area contributed by atoms with Crippen LogP contribution < -0.4 is 10.9 Å². The molecule has 0 radical (unpaired) electrons. The summed E-state index contributed by atoms with van der Waals surface area (Å²) >= 11 is 3.00. The van der Waals surface area contributed by atoms with Gasteiger partial charge in [0.15, 0.2) is 0 Å². The third-order valence-electron chi connectivity index (χ3n) is 2.71. The first kappa shape index (κ1) is 16.1. The molecule has 0 aliphatic rings. The van der Waals surface area contributed by atoms with Crippen LogP contribution in [-0.4, -0.2) is 24.2 Å². The molecular formula is C14H14N4O2S2. The molecule has 2 rings (SSSR count). The molecule has 0 saturated carbocycles. The molecule has 0 aliphatic carbocycles. The van der Waals surface area contributed by atoms with E-state index in [0.29, 0.717) is 0 Å². The van der Waals surface area contributed by atoms with E-state index in [1.165, 1.54) is 35.1 Å². The number of hydrazone groups is 2. The summed E-state index contributed by atoms with van der Waals surface area (Å²) in [6.07, 6.45) is 3.01. The van der Waals surface area contributed by atoms with Gasteiger partial charge in [-0.15, -0.1) is 22.7 Å². The zero-order valence-corrected chi connectivity index (χ0v) is 13.6. The standard InChI is InChI=1S/C14H14N4O2S2/c1-9-3-5-21-11(9)7-15-17-13(19)14(20)18-16-8-12-10(2)4-6-22-12/h3-8H,1-2H3,(H,17,19)(H,18,20)/b15-7+,16-8+. The lowest BCUT2D eigenvalue weighted by molar-refractivity contribution is -0.139. The predicted octanol–water partition coefficient (Wildman–Crippen LogP) is 2.03. The van der Waals surface area contributed by atoms with Crippen LogP contribution in [0.4, 0.5) is 0 Å². The van der Waals surface area contributed by atoms with E-state index in [0.717, 1.165) is 20.9 Å². The summed E-state index contributed by atoms with van der Waals surface area (Å²) in [6, 6.07) is 3.89. The fraction of sp³-hybridized carbons (Fsp3) is 0.143. The first-order valence-electron chi connectivity index (χ1n) is 6.32. The third-order valence-corrected chi connectivity index (χ3v) is 4.61. The van der Waals surface area contributed by atoms with E-state index < -0.39 is 11.8 Å². The van der Waals surface area contributed by atoms with Crippen molar-refractivity contribution < 1.29 is 9.59 Å². The van der Waals surface area contributed by atoms with Crippen molar-refractivity contribution in [1.82, 2.24) is 10.9 Å². The second-order valence-electron chi connectivity index (χ2n) is 4.33. The highest BCUT2D eigenvalue weighted by atomic mass is 32.1. The molecule has 0 unspecified atom stereocenters. The van der Waals surface area contributed by atoms with Gasteiger partial charge in [-0.25, -0.2) is 10.9 Å². The molecule has 0 aromatic carbocycles. The Morgan fingerprint density at radius 2 is 1.32 bits per heavy atom. The van der Waals surface area contributed by atoms with E-state index in [9.17, 15) is 9.59 Å². The Hall–Kier alpha value is -2.32. The molecule has 22 heavy (non-hydrogen) atoms. The Labute approximate surface area is 135 Å². The van der Waals surface area contributed by atoms with E-state index in [1.54, 1.807) is 0 Å². The van der Waals surface area contributed by atoms with Crippen molar-refractivity contribution in [1.29, 1.82) is 0 Å². The highest BCUT2D eigenvalue weighted by Gasteiger charge is 2.11. The maximum atomic E-state index is 11.5. The lowest BCUT2D eigenvalue weighted by Crippen LogP contribution is -2.35. The molecule has 0 spiro atoms. The van der Waals surface area contributed by atoms with Crippen LogP contribution in [0.3, 0.4) is 0 Å². The SMILES string of the molecule is Cc1ccsc1/C=N/NC(=O)C(=O)N/N=C/c1sccc1C. The summed E-state index contributed by atoms with van der Waals surface area (Å²) in [4.78, 5) is 24.9. The minimum absolute atomic E-state index is 0.870. The van der Waals surface area contributed by atoms with Crippen LogP contribution in [0.25, 0.3) is 0 Å². The molecule has 0 atom stereocenters. The zero-order chi connectivity index (χ0) is 15.9. The number of rotatable bonds is 4. The van der Waals surface area contributed by atoms with Crippen molar-refractivity contribution in [2.24, 2.45) is 10.2 Å². The third kappa shape index (κ3) is 4.34. The summed E-state index contributed by atoms with van der Waals surface area (Å²) in [5, 5.41) is 11.3. The molecule has 8 heteroatoms. The number of nitrogens with one attached hydrogen (secondary N) is 2. The van der Waals surface area contributed by atoms with Gasteiger partial charge in [-0.05, 0) is 47.9 Å². The molecule has 0 saturated heterocycles. The lowest BCUT2D eigenvalue weighted by atomic mass is 10.3. The Morgan fingerprint density at radius 3 is 1.64 bits per heavy atom. The van der Waals surface area contributed by atoms with Crippen LogP contribution in [-0.2, 0) is 9.59 Å². The number of carbonyl (C=O) groups is 2. The quantitative estimate of drug-likeness (QED) is 0.509. The monoisotopic (exact) mass is 334 g/mol. The minimum Gasteiger partial charge on any atom is -0.262 e. The molecule has 2 aromatic rings. The summed E-state index contributed by atoms with van der Waals surface area (Å²) in [6.45, 7) is 3.88. The number of amides is 2. The van der Waals surface area contributed by atoms with E-state index in [4.69, 9.17) is 0 Å². The molecule has 0 fully saturated rings. The number of hydrogen-bond acceptors (Lipinski definition) is 6. The van der Waals surface area contributed by atoms with Gasteiger partial charge >= 0.3 is 11.8 Å². The molecule has 2 amide bonds. The Morgan fingerprint density at radius 1 is 0.909 bits per heavy atom. The highest BCUT2D eigenvalue weighted by molar-refractivity contribution is 7.12. The van der Waals surface area contributed by atoms with E-state index in [-0.39, 0.29) is 0 Å². The second kappa shape index (κ2) is 7.62. The van der Waals surface area contributed by atoms with Crippen LogP contribution in [0.2, 0.25) is 0 Å². The van der Waals surface area contributed by atoms with E-state index in [1.807, 2.05) is 36.7 Å². The zero-order valence-electron chi connectivity index (χ0n) is 12.0. The normalized spacial score (nSPS) is 11.2. The molecule has 2 N–H and O–H groups in total. The van der Waals surface area contributed by atoms with Crippen molar-refractivity contribution in [3.63, 3.8) is 0 Å². The van der Waals surface area contributed by atoms with Gasteiger partial charge in [0.05, 0.1) is 12.4 Å². The number of carbonyl (C=O) groups excluding carboxylic acids is 2. The van der Waals surface area contributed by atoms with Gasteiger partial charge in [-0.3, -0.25) is 9.59 Å². The number of nitrogens with zero attached hydrogens (tertiary/aromatic N) is 2. The average molecular weight is 334 g/mol. The predicted molar refractivity (Wildman–Crippen MR) is 89.6 cm³/mol. The largest absolute Gasteiger partial charge is 0.331 e. The van der Waals surface area contributed by atoms with Crippen molar-refractivity contribution in [3.8, 4) is 0 Å². The van der Waals surface area contributed by atoms with Crippen molar-refractivity contribution in [2.45, 2.75) is 13.8 Å². The minimum atomic E-state index is -0.870. The van der Waals surface area contributed by atoms with Gasteiger partial charge in [0, 0.05) is 9.75 Å². The van der Waals surface area contributed by atoms with Gasteiger partial charge < -0.3 is 0 Å². The lowest BCUT2D eigenvalue weighted by Gasteiger charge is -1.97. The van der Waals surface area contributed by atoms with Crippen LogP contribution in [0.1, 0.15) is 20.9 Å². The van der Waals surface area contributed by atoms with Crippen molar-refractivity contribution >= 4 is 46.9 Å². The van der Waals surface area contributed by atoms with E-state index in [2.05, 4.69) is 21.1 Å². The molecule has 0 aliphatic heterocycles. The Bertz CT molecular complexity index is 669. The highest BCUT2D eigenvalue weighted by Crippen LogP contribution is 2.12. The Kier molecular flexibility index (Phi) is 5.56. The van der Waals surface area contributed by atoms with Gasteiger partial charge in [0.25, 0.3) is 0 Å². The van der Waals surface area contributed by atoms with Gasteiger partial charge in [0.2, 0.25) is 0 Å². The van der Waals surface area contributed by atoms with Gasteiger partial charge in [-0.1, -0.05) is 0 Å². The molecule has 6 nitrogen and oxygen atoms in total. The van der Waals surface area contributed by atoms with Crippen LogP contribution >= 0.6 is 22.7 Å². The van der Waals surface area contributed by atoms with Crippen molar-refractivity contribution in [2.75, 3.05) is 0 Å². The van der Waals surface area contributed by atoms with Crippen LogP contribution in [0.5, 0.6) is 0 Å². The maximum Gasteiger partial charge on any atom is 0.331 e. The maximum absolute atomic E-state index is 11.5. The fourth-order valence-corrected chi connectivity index (χ4v) is 3.01. The number of hydrogen-bond donors (Lipinski definition) is 2. The van der Waals surface area contributed by atoms with Gasteiger partial charge in [0.1, 0.15) is 0 Å². The fourth-order valence-electron chi connectivity index (χ4n) is 1.43. The molecule has 114 valence electrons. The smallest absolute Gasteiger partial charge is 0.262 e. The average Bonchev–Trinajstić information content (AvgIpc) is 3.08.